The van der Waals surface area contributed by atoms with Crippen LogP contribution in [0.5, 0.6) is 0 Å². The first-order valence-electron chi connectivity index (χ1n) is 9.00. The lowest BCUT2D eigenvalue weighted by Gasteiger charge is -2.24. The number of carbonyl (C=O) groups excluding carboxylic acids is 1. The van der Waals surface area contributed by atoms with Gasteiger partial charge in [0.2, 0.25) is 5.91 Å². The van der Waals surface area contributed by atoms with E-state index in [0.29, 0.717) is 12.0 Å². The Morgan fingerprint density at radius 1 is 1.23 bits per heavy atom. The second kappa shape index (κ2) is 8.43. The van der Waals surface area contributed by atoms with Gasteiger partial charge in [-0.2, -0.15) is 11.8 Å². The molecular weight excluding hydrogens is 370 g/mol. The standard InChI is InChI=1S/C18H25N3O3S2/c1-25-13-10-15(18(22)21-11-6-2-3-7-12-21)19-17-14-8-4-5-9-16(14)26(23,24)20-17/h4-5,8-9,15H,2-3,6-7,10-13H2,1H3,(H,19,20). The molecule has 2 aliphatic rings. The number of thioether (sulfide) groups is 1. The molecule has 2 heterocycles. The first-order valence-corrected chi connectivity index (χ1v) is 11.9. The first kappa shape index (κ1) is 19.2. The maximum atomic E-state index is 13.1. The van der Waals surface area contributed by atoms with Gasteiger partial charge in [0.1, 0.15) is 11.9 Å². The van der Waals surface area contributed by atoms with Crippen molar-refractivity contribution < 1.29 is 13.2 Å². The van der Waals surface area contributed by atoms with Crippen molar-refractivity contribution in [3.05, 3.63) is 29.8 Å². The van der Waals surface area contributed by atoms with Crippen LogP contribution in [0.1, 0.15) is 37.7 Å². The van der Waals surface area contributed by atoms with Crippen LogP contribution in [0.2, 0.25) is 0 Å². The molecule has 1 saturated heterocycles. The van der Waals surface area contributed by atoms with E-state index in [2.05, 4.69) is 9.71 Å². The molecule has 1 unspecified atom stereocenters. The van der Waals surface area contributed by atoms with Crippen LogP contribution in [0.3, 0.4) is 0 Å². The van der Waals surface area contributed by atoms with Gasteiger partial charge in [-0.1, -0.05) is 25.0 Å². The highest BCUT2D eigenvalue weighted by atomic mass is 32.2. The number of likely N-dealkylation sites (tertiary alicyclic amines) is 1. The number of carbonyl (C=O) groups is 1. The van der Waals surface area contributed by atoms with E-state index in [4.69, 9.17) is 0 Å². The Morgan fingerprint density at radius 3 is 2.62 bits per heavy atom. The molecule has 2 aliphatic heterocycles. The van der Waals surface area contributed by atoms with E-state index < -0.39 is 16.1 Å². The van der Waals surface area contributed by atoms with Gasteiger partial charge in [-0.3, -0.25) is 14.5 Å². The quantitative estimate of drug-likeness (QED) is 0.829. The highest BCUT2D eigenvalue weighted by Crippen LogP contribution is 2.23. The molecule has 0 aromatic heterocycles. The Morgan fingerprint density at radius 2 is 1.92 bits per heavy atom. The van der Waals surface area contributed by atoms with E-state index >= 15 is 0 Å². The van der Waals surface area contributed by atoms with Crippen LogP contribution >= 0.6 is 11.8 Å². The van der Waals surface area contributed by atoms with E-state index in [1.165, 1.54) is 0 Å². The van der Waals surface area contributed by atoms with E-state index in [1.54, 1.807) is 36.0 Å². The molecule has 1 aromatic carbocycles. The average Bonchev–Trinajstić information content (AvgIpc) is 2.82. The van der Waals surface area contributed by atoms with Gasteiger partial charge in [0.15, 0.2) is 0 Å². The van der Waals surface area contributed by atoms with Crippen LogP contribution in [0, 0.1) is 0 Å². The Balaban J connectivity index is 1.89. The van der Waals surface area contributed by atoms with Gasteiger partial charge in [-0.05, 0) is 43.4 Å². The second-order valence-electron chi connectivity index (χ2n) is 6.62. The van der Waals surface area contributed by atoms with Gasteiger partial charge in [0, 0.05) is 18.7 Å². The number of sulfonamides is 1. The fraction of sp³-hybridized carbons (Fsp3) is 0.556. The van der Waals surface area contributed by atoms with E-state index in [1.807, 2.05) is 11.2 Å². The molecule has 1 aromatic rings. The van der Waals surface area contributed by atoms with Crippen molar-refractivity contribution in [2.45, 2.75) is 43.0 Å². The van der Waals surface area contributed by atoms with Crippen LogP contribution < -0.4 is 4.72 Å². The molecule has 0 spiro atoms. The van der Waals surface area contributed by atoms with Gasteiger partial charge in [-0.25, -0.2) is 8.42 Å². The Kier molecular flexibility index (Phi) is 6.24. The highest BCUT2D eigenvalue weighted by molar-refractivity contribution is 7.98. The van der Waals surface area contributed by atoms with Crippen molar-refractivity contribution in [3.8, 4) is 0 Å². The second-order valence-corrected chi connectivity index (χ2v) is 9.25. The van der Waals surface area contributed by atoms with Crippen molar-refractivity contribution in [2.75, 3.05) is 25.1 Å². The zero-order valence-electron chi connectivity index (χ0n) is 15.0. The van der Waals surface area contributed by atoms with Crippen molar-refractivity contribution in [3.63, 3.8) is 0 Å². The summed E-state index contributed by atoms with van der Waals surface area (Å²) in [6, 6.07) is 6.21. The Hall–Kier alpha value is -1.54. The topological polar surface area (TPSA) is 78.8 Å². The third-order valence-corrected chi connectivity index (χ3v) is 6.79. The molecule has 0 aliphatic carbocycles. The minimum atomic E-state index is -3.59. The van der Waals surface area contributed by atoms with Crippen LogP contribution in [0.25, 0.3) is 0 Å². The summed E-state index contributed by atoms with van der Waals surface area (Å²) >= 11 is 1.66. The molecule has 6 nitrogen and oxygen atoms in total. The lowest BCUT2D eigenvalue weighted by Crippen LogP contribution is -2.40. The van der Waals surface area contributed by atoms with Gasteiger partial charge >= 0.3 is 0 Å². The summed E-state index contributed by atoms with van der Waals surface area (Å²) in [7, 11) is -3.59. The number of fused-ring (bicyclic) bond motifs is 1. The van der Waals surface area contributed by atoms with Crippen molar-refractivity contribution in [1.82, 2.24) is 9.62 Å². The summed E-state index contributed by atoms with van der Waals surface area (Å²) in [6.45, 7) is 1.53. The lowest BCUT2D eigenvalue weighted by atomic mass is 10.1. The summed E-state index contributed by atoms with van der Waals surface area (Å²) in [5.41, 5.74) is 0.547. The lowest BCUT2D eigenvalue weighted by molar-refractivity contribution is -0.132. The van der Waals surface area contributed by atoms with E-state index in [0.717, 1.165) is 44.5 Å². The highest BCUT2D eigenvalue weighted by Gasteiger charge is 2.32. The molecule has 1 fully saturated rings. The van der Waals surface area contributed by atoms with Gasteiger partial charge in [-0.15, -0.1) is 0 Å². The first-order chi connectivity index (χ1) is 12.5. The zero-order chi connectivity index (χ0) is 18.6. The summed E-state index contributed by atoms with van der Waals surface area (Å²) in [4.78, 5) is 19.8. The minimum Gasteiger partial charge on any atom is -0.341 e. The smallest absolute Gasteiger partial charge is 0.263 e. The monoisotopic (exact) mass is 395 g/mol. The summed E-state index contributed by atoms with van der Waals surface area (Å²) in [6.07, 6.45) is 6.94. The summed E-state index contributed by atoms with van der Waals surface area (Å²) in [5.74, 6) is 1.10. The normalized spacial score (nSPS) is 21.7. The van der Waals surface area contributed by atoms with E-state index in [-0.39, 0.29) is 16.6 Å². The molecule has 0 radical (unpaired) electrons. The van der Waals surface area contributed by atoms with Gasteiger partial charge < -0.3 is 4.90 Å². The number of nitrogens with one attached hydrogen (secondary N) is 1. The number of benzene rings is 1. The maximum Gasteiger partial charge on any atom is 0.263 e. The molecule has 8 heteroatoms. The largest absolute Gasteiger partial charge is 0.341 e. The van der Waals surface area contributed by atoms with Gasteiger partial charge in [0.05, 0.1) is 4.90 Å². The number of aliphatic imine (C=N–C) groups is 1. The number of amidine groups is 1. The number of nitrogens with zero attached hydrogens (tertiary/aromatic N) is 2. The molecule has 1 atom stereocenters. The SMILES string of the molecule is CSCCC(N=C1NS(=O)(=O)c2ccccc21)C(=O)N1CCCCCC1. The molecule has 1 N–H and O–H groups in total. The molecule has 3 rings (SSSR count). The zero-order valence-corrected chi connectivity index (χ0v) is 16.6. The van der Waals surface area contributed by atoms with Crippen LogP contribution in [0.4, 0.5) is 0 Å². The summed E-state index contributed by atoms with van der Waals surface area (Å²) < 4.78 is 27.1. The Bertz CT molecular complexity index is 785. The predicted octanol–water partition coefficient (Wildman–Crippen LogP) is 2.25. The molecular formula is C18H25N3O3S2. The van der Waals surface area contributed by atoms with Gasteiger partial charge in [0.25, 0.3) is 10.0 Å². The Labute approximate surface area is 159 Å². The summed E-state index contributed by atoms with van der Waals surface area (Å²) in [5, 5.41) is 0. The number of rotatable bonds is 5. The third kappa shape index (κ3) is 4.23. The minimum absolute atomic E-state index is 0.0111. The van der Waals surface area contributed by atoms with Crippen molar-refractivity contribution in [1.29, 1.82) is 0 Å². The maximum absolute atomic E-state index is 13.1. The van der Waals surface area contributed by atoms with Crippen molar-refractivity contribution in [2.24, 2.45) is 4.99 Å². The van der Waals surface area contributed by atoms with Crippen LogP contribution in [-0.4, -0.2) is 56.2 Å². The molecule has 0 saturated carbocycles. The number of hydrogen-bond donors (Lipinski definition) is 1. The molecule has 142 valence electrons. The molecule has 26 heavy (non-hydrogen) atoms. The van der Waals surface area contributed by atoms with Crippen LogP contribution in [0.15, 0.2) is 34.2 Å². The fourth-order valence-corrected chi connectivity index (χ4v) is 5.06. The molecule has 0 bridgehead atoms. The number of hydrogen-bond acceptors (Lipinski definition) is 5. The number of amides is 1. The molecule has 1 amide bonds. The predicted molar refractivity (Wildman–Crippen MR) is 105 cm³/mol. The van der Waals surface area contributed by atoms with E-state index in [9.17, 15) is 13.2 Å². The third-order valence-electron chi connectivity index (χ3n) is 4.75. The fourth-order valence-electron chi connectivity index (χ4n) is 3.36. The van der Waals surface area contributed by atoms with Crippen LogP contribution in [-0.2, 0) is 14.8 Å². The average molecular weight is 396 g/mol. The van der Waals surface area contributed by atoms with Crippen molar-refractivity contribution >= 4 is 33.5 Å².